The Morgan fingerprint density at radius 2 is 2.04 bits per heavy atom. The lowest BCUT2D eigenvalue weighted by molar-refractivity contribution is -0.144. The molecular weight excluding hydrogens is 313 g/mol. The first-order chi connectivity index (χ1) is 10.8. The third-order valence-electron chi connectivity index (χ3n) is 3.72. The highest BCUT2D eigenvalue weighted by atomic mass is 19.4. The summed E-state index contributed by atoms with van der Waals surface area (Å²) in [4.78, 5) is 26.6. The molecule has 124 valence electrons. The molecule has 3 heterocycles. The summed E-state index contributed by atoms with van der Waals surface area (Å²) in [5, 5.41) is 2.82. The third-order valence-corrected chi connectivity index (χ3v) is 3.72. The van der Waals surface area contributed by atoms with Crippen LogP contribution in [0.5, 0.6) is 0 Å². The molecule has 2 aromatic rings. The number of H-pyrrole nitrogens is 1. The zero-order valence-electron chi connectivity index (χ0n) is 12.3. The Balaban J connectivity index is 1.88. The summed E-state index contributed by atoms with van der Waals surface area (Å²) in [7, 11) is 0. The van der Waals surface area contributed by atoms with Crippen LogP contribution in [0.4, 0.5) is 19.0 Å². The summed E-state index contributed by atoms with van der Waals surface area (Å²) >= 11 is 0. The van der Waals surface area contributed by atoms with Crippen LogP contribution < -0.4 is 10.2 Å². The van der Waals surface area contributed by atoms with Gasteiger partial charge in [0.25, 0.3) is 0 Å². The Kier molecular flexibility index (Phi) is 3.82. The van der Waals surface area contributed by atoms with Crippen molar-refractivity contribution in [2.75, 3.05) is 18.0 Å². The Morgan fingerprint density at radius 1 is 1.35 bits per heavy atom. The van der Waals surface area contributed by atoms with Gasteiger partial charge in [0.15, 0.2) is 11.5 Å². The average Bonchev–Trinajstić information content (AvgIpc) is 2.94. The van der Waals surface area contributed by atoms with Gasteiger partial charge in [-0.05, 0) is 12.8 Å². The van der Waals surface area contributed by atoms with Crippen LogP contribution in [0, 0.1) is 0 Å². The number of aromatic amines is 1. The molecule has 23 heavy (non-hydrogen) atoms. The van der Waals surface area contributed by atoms with Gasteiger partial charge in [0.05, 0.1) is 6.33 Å². The minimum absolute atomic E-state index is 0.00805. The van der Waals surface area contributed by atoms with Crippen molar-refractivity contribution in [3.63, 3.8) is 0 Å². The molecule has 1 amide bonds. The number of imidazole rings is 1. The number of hydrogen-bond acceptors (Lipinski definition) is 5. The van der Waals surface area contributed by atoms with Gasteiger partial charge in [0.1, 0.15) is 5.52 Å². The number of amides is 1. The number of halogens is 3. The molecule has 0 saturated carbocycles. The van der Waals surface area contributed by atoms with E-state index in [9.17, 15) is 18.0 Å². The van der Waals surface area contributed by atoms with Gasteiger partial charge in [0.2, 0.25) is 11.7 Å². The molecule has 1 aliphatic rings. The van der Waals surface area contributed by atoms with Gasteiger partial charge in [0, 0.05) is 26.1 Å². The minimum atomic E-state index is -4.63. The first-order valence-electron chi connectivity index (χ1n) is 7.15. The van der Waals surface area contributed by atoms with Crippen molar-refractivity contribution >= 4 is 22.9 Å². The maximum Gasteiger partial charge on any atom is 0.451 e. The number of anilines is 1. The molecule has 10 heteroatoms. The number of hydrogen-bond donors (Lipinski definition) is 2. The third kappa shape index (κ3) is 3.20. The van der Waals surface area contributed by atoms with Crippen LogP contribution in [-0.4, -0.2) is 45.0 Å². The number of rotatable bonds is 2. The Hall–Kier alpha value is -2.39. The SMILES string of the molecule is CC(=O)NC1CCN(c2nc(C(F)(F)F)nc3nc[nH]c23)CC1. The normalized spacial score (nSPS) is 16.8. The molecular formula is C13H15F3N6O. The summed E-state index contributed by atoms with van der Waals surface area (Å²) in [6.45, 7) is 2.43. The Morgan fingerprint density at radius 3 is 2.65 bits per heavy atom. The van der Waals surface area contributed by atoms with E-state index in [2.05, 4.69) is 25.3 Å². The van der Waals surface area contributed by atoms with E-state index in [1.54, 1.807) is 4.90 Å². The molecule has 2 N–H and O–H groups in total. The molecule has 7 nitrogen and oxygen atoms in total. The number of carbonyl (C=O) groups is 1. The van der Waals surface area contributed by atoms with E-state index in [0.29, 0.717) is 31.4 Å². The van der Waals surface area contributed by atoms with Gasteiger partial charge in [-0.1, -0.05) is 0 Å². The van der Waals surface area contributed by atoms with Crippen LogP contribution >= 0.6 is 0 Å². The molecule has 1 aliphatic heterocycles. The number of carbonyl (C=O) groups excluding carboxylic acids is 1. The van der Waals surface area contributed by atoms with E-state index >= 15 is 0 Å². The van der Waals surface area contributed by atoms with Crippen molar-refractivity contribution in [1.82, 2.24) is 25.3 Å². The number of alkyl halides is 3. The van der Waals surface area contributed by atoms with Gasteiger partial charge in [-0.15, -0.1) is 0 Å². The van der Waals surface area contributed by atoms with Crippen molar-refractivity contribution in [2.24, 2.45) is 0 Å². The molecule has 1 saturated heterocycles. The van der Waals surface area contributed by atoms with Gasteiger partial charge >= 0.3 is 6.18 Å². The highest BCUT2D eigenvalue weighted by Crippen LogP contribution is 2.31. The van der Waals surface area contributed by atoms with Crippen LogP contribution in [0.2, 0.25) is 0 Å². The van der Waals surface area contributed by atoms with E-state index in [-0.39, 0.29) is 23.4 Å². The fourth-order valence-corrected chi connectivity index (χ4v) is 2.70. The molecule has 0 atom stereocenters. The predicted octanol–water partition coefficient (Wildman–Crippen LogP) is 1.48. The minimum Gasteiger partial charge on any atom is -0.355 e. The van der Waals surface area contributed by atoms with Crippen molar-refractivity contribution in [3.05, 3.63) is 12.2 Å². The number of nitrogens with one attached hydrogen (secondary N) is 2. The predicted molar refractivity (Wildman–Crippen MR) is 75.7 cm³/mol. The van der Waals surface area contributed by atoms with E-state index in [1.807, 2.05) is 0 Å². The lowest BCUT2D eigenvalue weighted by atomic mass is 10.1. The smallest absolute Gasteiger partial charge is 0.355 e. The van der Waals surface area contributed by atoms with Gasteiger partial charge < -0.3 is 15.2 Å². The average molecular weight is 328 g/mol. The Labute approximate surface area is 129 Å². The van der Waals surface area contributed by atoms with Crippen molar-refractivity contribution < 1.29 is 18.0 Å². The van der Waals surface area contributed by atoms with Gasteiger partial charge in [-0.25, -0.2) is 15.0 Å². The molecule has 3 rings (SSSR count). The molecule has 0 bridgehead atoms. The molecule has 0 aliphatic carbocycles. The molecule has 0 spiro atoms. The summed E-state index contributed by atoms with van der Waals surface area (Å²) in [5.74, 6) is -1.11. The first kappa shape index (κ1) is 15.5. The quantitative estimate of drug-likeness (QED) is 0.872. The van der Waals surface area contributed by atoms with Crippen molar-refractivity contribution in [1.29, 1.82) is 0 Å². The lowest BCUT2D eigenvalue weighted by Gasteiger charge is -2.33. The molecule has 0 unspecified atom stereocenters. The van der Waals surface area contributed by atoms with E-state index in [4.69, 9.17) is 0 Å². The van der Waals surface area contributed by atoms with Crippen LogP contribution in [-0.2, 0) is 11.0 Å². The van der Waals surface area contributed by atoms with E-state index in [1.165, 1.54) is 13.3 Å². The monoisotopic (exact) mass is 328 g/mol. The first-order valence-corrected chi connectivity index (χ1v) is 7.15. The largest absolute Gasteiger partial charge is 0.451 e. The van der Waals surface area contributed by atoms with E-state index < -0.39 is 12.0 Å². The van der Waals surface area contributed by atoms with E-state index in [0.717, 1.165) is 0 Å². The topological polar surface area (TPSA) is 86.8 Å². The van der Waals surface area contributed by atoms with Crippen molar-refractivity contribution in [2.45, 2.75) is 32.0 Å². The van der Waals surface area contributed by atoms with Gasteiger partial charge in [-0.3, -0.25) is 4.79 Å². The highest BCUT2D eigenvalue weighted by molar-refractivity contribution is 5.83. The summed E-state index contributed by atoms with van der Waals surface area (Å²) in [5.41, 5.74) is 0.377. The number of piperidine rings is 1. The fourth-order valence-electron chi connectivity index (χ4n) is 2.70. The second kappa shape index (κ2) is 5.67. The van der Waals surface area contributed by atoms with Crippen LogP contribution in [0.15, 0.2) is 6.33 Å². The summed E-state index contributed by atoms with van der Waals surface area (Å²) in [6, 6.07) is 0.0323. The second-order valence-corrected chi connectivity index (χ2v) is 5.43. The lowest BCUT2D eigenvalue weighted by Crippen LogP contribution is -2.44. The van der Waals surface area contributed by atoms with Gasteiger partial charge in [-0.2, -0.15) is 13.2 Å². The summed E-state index contributed by atoms with van der Waals surface area (Å²) < 4.78 is 38.8. The molecule has 0 aromatic carbocycles. The summed E-state index contributed by atoms with van der Waals surface area (Å²) in [6.07, 6.45) is -2.05. The van der Waals surface area contributed by atoms with Crippen molar-refractivity contribution in [3.8, 4) is 0 Å². The highest BCUT2D eigenvalue weighted by Gasteiger charge is 2.37. The maximum absolute atomic E-state index is 12.9. The van der Waals surface area contributed by atoms with Crippen LogP contribution in [0.1, 0.15) is 25.6 Å². The zero-order chi connectivity index (χ0) is 16.6. The van der Waals surface area contributed by atoms with Crippen LogP contribution in [0.3, 0.4) is 0 Å². The number of fused-ring (bicyclic) bond motifs is 1. The fraction of sp³-hybridized carbons (Fsp3) is 0.538. The molecule has 0 radical (unpaired) electrons. The second-order valence-electron chi connectivity index (χ2n) is 5.43. The number of nitrogens with zero attached hydrogens (tertiary/aromatic N) is 4. The number of aromatic nitrogens is 4. The maximum atomic E-state index is 12.9. The standard InChI is InChI=1S/C13H15F3N6O/c1-7(23)19-8-2-4-22(5-3-8)11-9-10(18-6-17-9)20-12(21-11)13(14,15)16/h6,8H,2-5H2,1H3,(H,19,23)(H,17,18,20,21). The molecule has 1 fully saturated rings. The zero-order valence-corrected chi connectivity index (χ0v) is 12.3. The van der Waals surface area contributed by atoms with Crippen LogP contribution in [0.25, 0.3) is 11.2 Å². The molecule has 2 aromatic heterocycles. The Bertz CT molecular complexity index is 720.